The number of rotatable bonds is 6. The van der Waals surface area contributed by atoms with Crippen molar-refractivity contribution in [3.63, 3.8) is 0 Å². The van der Waals surface area contributed by atoms with Crippen LogP contribution in [0.1, 0.15) is 11.1 Å². The molecule has 0 atom stereocenters. The fourth-order valence-electron chi connectivity index (χ4n) is 2.63. The molecule has 0 N–H and O–H groups in total. The molecule has 0 spiro atoms. The molecule has 8 heteroatoms. The molecule has 0 aliphatic heterocycles. The summed E-state index contributed by atoms with van der Waals surface area (Å²) in [6.45, 7) is 0. The van der Waals surface area contributed by atoms with Crippen molar-refractivity contribution in [1.29, 1.82) is 5.26 Å². The summed E-state index contributed by atoms with van der Waals surface area (Å²) < 4.78 is 36.4. The van der Waals surface area contributed by atoms with Crippen molar-refractivity contribution in [2.75, 3.05) is 7.11 Å². The fourth-order valence-corrected chi connectivity index (χ4v) is 4.61. The number of nitrogens with zero attached hydrogens (tertiary/aromatic N) is 1. The second-order valence-electron chi connectivity index (χ2n) is 6.06. The summed E-state index contributed by atoms with van der Waals surface area (Å²) in [5, 5.41) is 10.1. The molecule has 152 valence electrons. The SMILES string of the molecule is COc1cc(/C=C(\C#N)c2ccc(Cl)cc2)cc(I)c1OS(=O)(=O)c1ccccc1. The summed E-state index contributed by atoms with van der Waals surface area (Å²) in [7, 11) is -2.60. The quantitative estimate of drug-likeness (QED) is 0.168. The van der Waals surface area contributed by atoms with Crippen molar-refractivity contribution < 1.29 is 17.3 Å². The fraction of sp³-hybridized carbons (Fsp3) is 0.0455. The van der Waals surface area contributed by atoms with Gasteiger partial charge < -0.3 is 8.92 Å². The Morgan fingerprint density at radius 3 is 2.37 bits per heavy atom. The van der Waals surface area contributed by atoms with Gasteiger partial charge in [0.25, 0.3) is 0 Å². The van der Waals surface area contributed by atoms with E-state index >= 15 is 0 Å². The average Bonchev–Trinajstić information content (AvgIpc) is 2.75. The summed E-state index contributed by atoms with van der Waals surface area (Å²) in [5.74, 6) is 0.324. The van der Waals surface area contributed by atoms with Crippen LogP contribution in [0.2, 0.25) is 5.02 Å². The van der Waals surface area contributed by atoms with Gasteiger partial charge in [-0.1, -0.05) is 41.9 Å². The van der Waals surface area contributed by atoms with Crippen molar-refractivity contribution in [2.24, 2.45) is 0 Å². The summed E-state index contributed by atoms with van der Waals surface area (Å²) in [4.78, 5) is 0.0429. The van der Waals surface area contributed by atoms with Gasteiger partial charge in [0.1, 0.15) is 4.90 Å². The number of hydrogen-bond donors (Lipinski definition) is 0. The zero-order chi connectivity index (χ0) is 21.7. The van der Waals surface area contributed by atoms with Gasteiger partial charge in [0.05, 0.1) is 22.3 Å². The molecule has 0 saturated heterocycles. The summed E-state index contributed by atoms with van der Waals surface area (Å²) >= 11 is 7.88. The Hall–Kier alpha value is -2.54. The van der Waals surface area contributed by atoms with Crippen LogP contribution >= 0.6 is 34.2 Å². The minimum Gasteiger partial charge on any atom is -0.493 e. The van der Waals surface area contributed by atoms with Crippen molar-refractivity contribution in [2.45, 2.75) is 4.90 Å². The molecule has 0 unspecified atom stereocenters. The second kappa shape index (κ2) is 9.51. The zero-order valence-electron chi connectivity index (χ0n) is 15.7. The Kier molecular flexibility index (Phi) is 7.02. The Bertz CT molecular complexity index is 1230. The van der Waals surface area contributed by atoms with Crippen LogP contribution in [0, 0.1) is 14.9 Å². The first-order chi connectivity index (χ1) is 14.3. The molecule has 5 nitrogen and oxygen atoms in total. The molecule has 0 radical (unpaired) electrons. The van der Waals surface area contributed by atoms with Crippen LogP contribution in [0.5, 0.6) is 11.5 Å². The van der Waals surface area contributed by atoms with Crippen LogP contribution in [0.4, 0.5) is 0 Å². The highest BCUT2D eigenvalue weighted by molar-refractivity contribution is 14.1. The summed E-state index contributed by atoms with van der Waals surface area (Å²) in [6, 6.07) is 20.3. The standard InChI is InChI=1S/C22H15ClINO4S/c1-28-21-13-15(11-17(14-25)16-7-9-18(23)10-8-16)12-20(24)22(21)29-30(26,27)19-5-3-2-4-6-19/h2-13H,1H3/b17-11+. The molecule has 0 aliphatic rings. The number of allylic oxidation sites excluding steroid dienone is 1. The third kappa shape index (κ3) is 5.14. The Labute approximate surface area is 193 Å². The van der Waals surface area contributed by atoms with E-state index in [9.17, 15) is 13.7 Å². The molecule has 0 aliphatic carbocycles. The van der Waals surface area contributed by atoms with Gasteiger partial charge in [-0.2, -0.15) is 13.7 Å². The maximum Gasteiger partial charge on any atom is 0.339 e. The maximum absolute atomic E-state index is 12.6. The van der Waals surface area contributed by atoms with Gasteiger partial charge in [-0.3, -0.25) is 0 Å². The van der Waals surface area contributed by atoms with Gasteiger partial charge in [-0.15, -0.1) is 0 Å². The molecule has 0 saturated carbocycles. The normalized spacial score (nSPS) is 11.6. The highest BCUT2D eigenvalue weighted by atomic mass is 127. The smallest absolute Gasteiger partial charge is 0.339 e. The number of halogens is 2. The van der Waals surface area contributed by atoms with E-state index in [0.29, 0.717) is 25.3 Å². The van der Waals surface area contributed by atoms with Crippen molar-refractivity contribution in [3.8, 4) is 17.6 Å². The van der Waals surface area contributed by atoms with Crippen LogP contribution in [0.15, 0.2) is 71.6 Å². The maximum atomic E-state index is 12.6. The van der Waals surface area contributed by atoms with Gasteiger partial charge in [-0.25, -0.2) is 0 Å². The summed E-state index contributed by atoms with van der Waals surface area (Å²) in [6.07, 6.45) is 1.68. The van der Waals surface area contributed by atoms with Crippen LogP contribution < -0.4 is 8.92 Å². The monoisotopic (exact) mass is 551 g/mol. The van der Waals surface area contributed by atoms with E-state index in [1.165, 1.54) is 19.2 Å². The van der Waals surface area contributed by atoms with E-state index in [1.54, 1.807) is 60.7 Å². The van der Waals surface area contributed by atoms with Crippen molar-refractivity contribution in [1.82, 2.24) is 0 Å². The average molecular weight is 552 g/mol. The van der Waals surface area contributed by atoms with Crippen molar-refractivity contribution >= 4 is 56.0 Å². The molecule has 0 aromatic heterocycles. The molecular formula is C22H15ClINO4S. The van der Waals surface area contributed by atoms with E-state index in [2.05, 4.69) is 6.07 Å². The lowest BCUT2D eigenvalue weighted by atomic mass is 10.0. The van der Waals surface area contributed by atoms with Crippen LogP contribution in [-0.4, -0.2) is 15.5 Å². The van der Waals surface area contributed by atoms with Gasteiger partial charge in [0.2, 0.25) is 0 Å². The summed E-state index contributed by atoms with van der Waals surface area (Å²) in [5.41, 5.74) is 1.80. The molecule has 0 bridgehead atoms. The zero-order valence-corrected chi connectivity index (χ0v) is 19.4. The minimum absolute atomic E-state index is 0.0429. The third-order valence-electron chi connectivity index (χ3n) is 4.06. The van der Waals surface area contributed by atoms with Crippen LogP contribution in [-0.2, 0) is 10.1 Å². The van der Waals surface area contributed by atoms with Gasteiger partial charge in [-0.05, 0) is 76.2 Å². The molecule has 3 rings (SSSR count). The molecule has 3 aromatic rings. The first-order valence-corrected chi connectivity index (χ1v) is 11.5. The van der Waals surface area contributed by atoms with Crippen LogP contribution in [0.25, 0.3) is 11.6 Å². The first kappa shape index (κ1) is 22.2. The molecule has 0 heterocycles. The first-order valence-electron chi connectivity index (χ1n) is 8.59. The van der Waals surface area contributed by atoms with Crippen LogP contribution in [0.3, 0.4) is 0 Å². The highest BCUT2D eigenvalue weighted by Crippen LogP contribution is 2.37. The number of benzene rings is 3. The van der Waals surface area contributed by atoms with Gasteiger partial charge >= 0.3 is 10.1 Å². The van der Waals surface area contributed by atoms with E-state index in [1.807, 2.05) is 22.6 Å². The topological polar surface area (TPSA) is 76.4 Å². The minimum atomic E-state index is -4.02. The predicted octanol–water partition coefficient (Wildman–Crippen LogP) is 5.79. The lowest BCUT2D eigenvalue weighted by Gasteiger charge is -2.13. The Morgan fingerprint density at radius 2 is 1.77 bits per heavy atom. The number of methoxy groups -OCH3 is 1. The highest BCUT2D eigenvalue weighted by Gasteiger charge is 2.21. The lowest BCUT2D eigenvalue weighted by molar-refractivity contribution is 0.389. The molecular weight excluding hydrogens is 537 g/mol. The van der Waals surface area contributed by atoms with E-state index in [4.69, 9.17) is 20.5 Å². The van der Waals surface area contributed by atoms with E-state index in [-0.39, 0.29) is 16.4 Å². The largest absolute Gasteiger partial charge is 0.493 e. The third-order valence-corrected chi connectivity index (χ3v) is 6.35. The lowest BCUT2D eigenvalue weighted by Crippen LogP contribution is -2.11. The number of hydrogen-bond acceptors (Lipinski definition) is 5. The number of ether oxygens (including phenoxy) is 1. The van der Waals surface area contributed by atoms with Gasteiger partial charge in [0, 0.05) is 5.02 Å². The second-order valence-corrected chi connectivity index (χ2v) is 9.21. The number of nitriles is 1. The van der Waals surface area contributed by atoms with E-state index in [0.717, 1.165) is 0 Å². The predicted molar refractivity (Wildman–Crippen MR) is 125 cm³/mol. The molecule has 3 aromatic carbocycles. The Balaban J connectivity index is 2.00. The molecule has 0 amide bonds. The van der Waals surface area contributed by atoms with Gasteiger partial charge in [0.15, 0.2) is 11.5 Å². The van der Waals surface area contributed by atoms with Crippen molar-refractivity contribution in [3.05, 3.63) is 86.4 Å². The molecule has 30 heavy (non-hydrogen) atoms. The molecule has 0 fully saturated rings. The van der Waals surface area contributed by atoms with E-state index < -0.39 is 10.1 Å². The Morgan fingerprint density at radius 1 is 1.10 bits per heavy atom.